The molecule has 0 spiro atoms. The van der Waals surface area contributed by atoms with Crippen molar-refractivity contribution < 1.29 is 21.6 Å². The van der Waals surface area contributed by atoms with Crippen LogP contribution < -0.4 is 0 Å². The molecule has 12 heteroatoms. The summed E-state index contributed by atoms with van der Waals surface area (Å²) in [4.78, 5) is 15.8. The first-order chi connectivity index (χ1) is 13.7. The summed E-state index contributed by atoms with van der Waals surface area (Å²) >= 11 is 7.55. The van der Waals surface area contributed by atoms with Gasteiger partial charge in [0.2, 0.25) is 0 Å². The van der Waals surface area contributed by atoms with Gasteiger partial charge in [-0.15, -0.1) is 11.3 Å². The van der Waals surface area contributed by atoms with Gasteiger partial charge < -0.3 is 4.98 Å². The molecule has 0 aliphatic carbocycles. The highest BCUT2D eigenvalue weighted by atomic mass is 35.5. The number of halogens is 4. The Balaban J connectivity index is 1.66. The van der Waals surface area contributed by atoms with Crippen molar-refractivity contribution in [1.29, 1.82) is 0 Å². The van der Waals surface area contributed by atoms with Crippen LogP contribution in [0.5, 0.6) is 0 Å². The SMILES string of the molecule is O=S(=O)(Cc1ccc(-c2csc(-c3ccnc4nc[nH]c34)n2)c(Cl)c1)C(F)(F)F. The largest absolute Gasteiger partial charge is 0.497 e. The number of aromatic nitrogens is 4. The van der Waals surface area contributed by atoms with Crippen molar-refractivity contribution >= 4 is 43.9 Å². The maximum atomic E-state index is 12.6. The molecule has 0 saturated carbocycles. The molecule has 1 N–H and O–H groups in total. The van der Waals surface area contributed by atoms with E-state index in [-0.39, 0.29) is 10.6 Å². The van der Waals surface area contributed by atoms with Gasteiger partial charge in [0.05, 0.1) is 28.3 Å². The summed E-state index contributed by atoms with van der Waals surface area (Å²) in [6, 6.07) is 5.75. The minimum absolute atomic E-state index is 0.0557. The van der Waals surface area contributed by atoms with Crippen molar-refractivity contribution in [3.8, 4) is 21.8 Å². The smallest absolute Gasteiger partial charge is 0.343 e. The van der Waals surface area contributed by atoms with Gasteiger partial charge in [0.15, 0.2) is 5.65 Å². The quantitative estimate of drug-likeness (QED) is 0.473. The number of nitrogens with zero attached hydrogens (tertiary/aromatic N) is 3. The Morgan fingerprint density at radius 1 is 1.14 bits per heavy atom. The van der Waals surface area contributed by atoms with Gasteiger partial charge in [0, 0.05) is 22.7 Å². The van der Waals surface area contributed by atoms with Crippen LogP contribution in [0.15, 0.2) is 42.2 Å². The molecule has 0 aliphatic rings. The lowest BCUT2D eigenvalue weighted by atomic mass is 10.1. The third kappa shape index (κ3) is 3.72. The average molecular weight is 459 g/mol. The van der Waals surface area contributed by atoms with E-state index >= 15 is 0 Å². The van der Waals surface area contributed by atoms with Crippen LogP contribution in [-0.4, -0.2) is 33.9 Å². The fraction of sp³-hybridized carbons (Fsp3) is 0.118. The lowest BCUT2D eigenvalue weighted by Crippen LogP contribution is -2.24. The third-order valence-corrected chi connectivity index (χ3v) is 6.69. The normalized spacial score (nSPS) is 12.6. The first-order valence-electron chi connectivity index (χ1n) is 7.97. The Bertz CT molecular complexity index is 1320. The van der Waals surface area contributed by atoms with E-state index in [9.17, 15) is 21.6 Å². The van der Waals surface area contributed by atoms with Crippen molar-refractivity contribution in [1.82, 2.24) is 19.9 Å². The van der Waals surface area contributed by atoms with E-state index in [0.717, 1.165) is 11.1 Å². The number of nitrogens with one attached hydrogen (secondary N) is 1. The molecular weight excluding hydrogens is 449 g/mol. The minimum Gasteiger partial charge on any atom is -0.343 e. The number of imidazole rings is 1. The van der Waals surface area contributed by atoms with E-state index in [1.54, 1.807) is 17.6 Å². The number of thiazole rings is 1. The first-order valence-corrected chi connectivity index (χ1v) is 10.9. The van der Waals surface area contributed by atoms with Gasteiger partial charge in [0.1, 0.15) is 5.01 Å². The third-order valence-electron chi connectivity index (χ3n) is 4.08. The second-order valence-corrected chi connectivity index (χ2v) is 9.26. The van der Waals surface area contributed by atoms with E-state index in [1.165, 1.54) is 35.9 Å². The molecule has 6 nitrogen and oxygen atoms in total. The van der Waals surface area contributed by atoms with Gasteiger partial charge in [-0.05, 0) is 17.7 Å². The maximum absolute atomic E-state index is 12.6. The molecule has 0 atom stereocenters. The number of sulfone groups is 1. The van der Waals surface area contributed by atoms with Gasteiger partial charge >= 0.3 is 5.51 Å². The summed E-state index contributed by atoms with van der Waals surface area (Å²) in [5, 5.41) is 2.54. The number of H-pyrrole nitrogens is 1. The standard InChI is InChI=1S/C17H10ClF3N4O2S2/c18-12-5-9(7-29(26,27)17(19,20)21)1-2-10(12)13-6-28-16(25-13)11-3-4-22-15-14(11)23-8-24-15/h1-6,8H,7H2,(H,22,23,24). The molecular formula is C17H10ClF3N4O2S2. The molecule has 0 amide bonds. The lowest BCUT2D eigenvalue weighted by Gasteiger charge is -2.09. The Morgan fingerprint density at radius 3 is 2.66 bits per heavy atom. The van der Waals surface area contributed by atoms with E-state index in [2.05, 4.69) is 19.9 Å². The minimum atomic E-state index is -5.31. The molecule has 4 rings (SSSR count). The number of hydrogen-bond donors (Lipinski definition) is 1. The molecule has 0 bridgehead atoms. The van der Waals surface area contributed by atoms with Gasteiger partial charge in [-0.3, -0.25) is 0 Å². The number of benzene rings is 1. The van der Waals surface area contributed by atoms with Crippen LogP contribution in [-0.2, 0) is 15.6 Å². The van der Waals surface area contributed by atoms with Crippen molar-refractivity contribution in [2.75, 3.05) is 0 Å². The number of pyridine rings is 1. The van der Waals surface area contributed by atoms with Crippen LogP contribution in [0, 0.1) is 0 Å². The van der Waals surface area contributed by atoms with Gasteiger partial charge in [-0.25, -0.2) is 23.4 Å². The molecule has 0 aliphatic heterocycles. The predicted molar refractivity (Wildman–Crippen MR) is 104 cm³/mol. The topological polar surface area (TPSA) is 88.6 Å². The monoisotopic (exact) mass is 458 g/mol. The highest BCUT2D eigenvalue weighted by Crippen LogP contribution is 2.35. The van der Waals surface area contributed by atoms with Gasteiger partial charge in [-0.2, -0.15) is 13.2 Å². The molecule has 150 valence electrons. The summed E-state index contributed by atoms with van der Waals surface area (Å²) in [7, 11) is -5.28. The fourth-order valence-electron chi connectivity index (χ4n) is 2.71. The highest BCUT2D eigenvalue weighted by molar-refractivity contribution is 7.91. The average Bonchev–Trinajstić information content (AvgIpc) is 3.29. The van der Waals surface area contributed by atoms with Crippen LogP contribution in [0.1, 0.15) is 5.56 Å². The highest BCUT2D eigenvalue weighted by Gasteiger charge is 2.45. The van der Waals surface area contributed by atoms with Crippen LogP contribution in [0.2, 0.25) is 5.02 Å². The number of aromatic amines is 1. The molecule has 0 saturated heterocycles. The molecule has 29 heavy (non-hydrogen) atoms. The van der Waals surface area contributed by atoms with Crippen LogP contribution in [0.4, 0.5) is 13.2 Å². The van der Waals surface area contributed by atoms with Crippen LogP contribution in [0.25, 0.3) is 33.0 Å². The van der Waals surface area contributed by atoms with E-state index in [4.69, 9.17) is 11.6 Å². The first kappa shape index (κ1) is 19.8. The molecule has 3 heterocycles. The maximum Gasteiger partial charge on any atom is 0.497 e. The number of fused-ring (bicyclic) bond motifs is 1. The Hall–Kier alpha value is -2.50. The summed E-state index contributed by atoms with van der Waals surface area (Å²) in [5.41, 5.74) is -2.29. The molecule has 0 unspecified atom stereocenters. The molecule has 0 radical (unpaired) electrons. The van der Waals surface area contributed by atoms with Crippen molar-refractivity contribution in [2.24, 2.45) is 0 Å². The zero-order chi connectivity index (χ0) is 20.8. The zero-order valence-electron chi connectivity index (χ0n) is 14.2. The zero-order valence-corrected chi connectivity index (χ0v) is 16.6. The van der Waals surface area contributed by atoms with Crippen LogP contribution in [0.3, 0.4) is 0 Å². The van der Waals surface area contributed by atoms with Crippen molar-refractivity contribution in [2.45, 2.75) is 11.3 Å². The van der Waals surface area contributed by atoms with E-state index in [1.807, 2.05) is 0 Å². The Labute approximate surface area is 171 Å². The number of rotatable bonds is 4. The molecule has 1 aromatic carbocycles. The van der Waals surface area contributed by atoms with E-state index < -0.39 is 21.1 Å². The molecule has 4 aromatic rings. The summed E-state index contributed by atoms with van der Waals surface area (Å²) in [6.45, 7) is 0. The fourth-order valence-corrected chi connectivity index (χ4v) is 4.64. The van der Waals surface area contributed by atoms with E-state index in [0.29, 0.717) is 21.9 Å². The summed E-state index contributed by atoms with van der Waals surface area (Å²) < 4.78 is 60.4. The second kappa shape index (κ2) is 7.08. The number of hydrogen-bond acceptors (Lipinski definition) is 6. The van der Waals surface area contributed by atoms with Gasteiger partial charge in [0.25, 0.3) is 9.84 Å². The lowest BCUT2D eigenvalue weighted by molar-refractivity contribution is -0.0437. The number of alkyl halides is 3. The van der Waals surface area contributed by atoms with Gasteiger partial charge in [-0.1, -0.05) is 23.7 Å². The summed E-state index contributed by atoms with van der Waals surface area (Å²) in [6.07, 6.45) is 3.14. The Morgan fingerprint density at radius 2 is 1.93 bits per heavy atom. The molecule has 0 fully saturated rings. The predicted octanol–water partition coefficient (Wildman–Crippen LogP) is 4.84. The summed E-state index contributed by atoms with van der Waals surface area (Å²) in [5.74, 6) is -1.17. The van der Waals surface area contributed by atoms with Crippen molar-refractivity contribution in [3.05, 3.63) is 52.8 Å². The van der Waals surface area contributed by atoms with Crippen molar-refractivity contribution in [3.63, 3.8) is 0 Å². The molecule has 3 aromatic heterocycles. The Kier molecular flexibility index (Phi) is 4.83. The second-order valence-electron chi connectivity index (χ2n) is 6.02. The van der Waals surface area contributed by atoms with Crippen LogP contribution >= 0.6 is 22.9 Å².